The number of hydrogen-bond donors (Lipinski definition) is 2. The average molecular weight is 456 g/mol. The maximum absolute atomic E-state index is 12.5. The van der Waals surface area contributed by atoms with Gasteiger partial charge in [0.2, 0.25) is 0 Å². The minimum atomic E-state index is -0.535. The number of ether oxygens (including phenoxy) is 2. The van der Waals surface area contributed by atoms with Crippen LogP contribution in [0.5, 0.6) is 11.5 Å². The fourth-order valence-corrected chi connectivity index (χ4v) is 3.05. The zero-order valence-corrected chi connectivity index (χ0v) is 19.2. The third kappa shape index (κ3) is 6.71. The molecule has 0 bridgehead atoms. The van der Waals surface area contributed by atoms with Crippen LogP contribution in [0.15, 0.2) is 72.3 Å². The van der Waals surface area contributed by atoms with Crippen molar-refractivity contribution in [1.82, 2.24) is 0 Å². The van der Waals surface area contributed by atoms with Gasteiger partial charge in [-0.2, -0.15) is 5.26 Å². The lowest BCUT2D eigenvalue weighted by Gasteiger charge is -2.10. The summed E-state index contributed by atoms with van der Waals surface area (Å²) in [7, 11) is 1.55. The van der Waals surface area contributed by atoms with Crippen molar-refractivity contribution in [2.24, 2.45) is 0 Å². The van der Waals surface area contributed by atoms with E-state index >= 15 is 0 Å². The van der Waals surface area contributed by atoms with E-state index in [0.717, 1.165) is 11.1 Å². The van der Waals surface area contributed by atoms with E-state index < -0.39 is 5.91 Å². The van der Waals surface area contributed by atoms with E-state index in [1.165, 1.54) is 6.08 Å². The summed E-state index contributed by atoms with van der Waals surface area (Å²) in [6.07, 6.45) is 1.46. The fraction of sp³-hybridized carbons (Fsp3) is 0.148. The lowest BCUT2D eigenvalue weighted by Crippen LogP contribution is -2.20. The van der Waals surface area contributed by atoms with Gasteiger partial charge in [-0.25, -0.2) is 0 Å². The highest BCUT2D eigenvalue weighted by Gasteiger charge is 2.10. The second-order valence-corrected chi connectivity index (χ2v) is 7.56. The minimum absolute atomic E-state index is 0.0690. The number of nitriles is 1. The van der Waals surface area contributed by atoms with E-state index in [-0.39, 0.29) is 18.1 Å². The standard InChI is InChI=1S/C27H25N3O4/c1-18-7-8-23(13-19(18)2)29-26(31)17-34-25-6-4-5-20(15-25)14-21(16-28)27(32)30-22-9-11-24(33-3)12-10-22/h4-15H,17H2,1-3H3,(H,29,31)(H,30,32)/b21-14-. The average Bonchev–Trinajstić information content (AvgIpc) is 2.84. The predicted octanol–water partition coefficient (Wildman–Crippen LogP) is 4.88. The second-order valence-electron chi connectivity index (χ2n) is 7.56. The first-order chi connectivity index (χ1) is 16.4. The summed E-state index contributed by atoms with van der Waals surface area (Å²) in [6, 6.07) is 21.2. The zero-order chi connectivity index (χ0) is 24.5. The second kappa shape index (κ2) is 11.3. The highest BCUT2D eigenvalue weighted by Crippen LogP contribution is 2.19. The first-order valence-corrected chi connectivity index (χ1v) is 10.5. The van der Waals surface area contributed by atoms with Crippen LogP contribution in [0, 0.1) is 25.2 Å². The first kappa shape index (κ1) is 24.1. The Hall–Kier alpha value is -4.57. The molecule has 2 N–H and O–H groups in total. The molecule has 0 heterocycles. The van der Waals surface area contributed by atoms with Gasteiger partial charge in [0.05, 0.1) is 7.11 Å². The molecule has 3 aromatic carbocycles. The van der Waals surface area contributed by atoms with Crippen LogP contribution in [0.4, 0.5) is 11.4 Å². The Morgan fingerprint density at radius 3 is 2.32 bits per heavy atom. The molecule has 0 spiro atoms. The molecular formula is C27H25N3O4. The Bertz CT molecular complexity index is 1260. The third-order valence-corrected chi connectivity index (χ3v) is 5.04. The van der Waals surface area contributed by atoms with Crippen LogP contribution in [0.1, 0.15) is 16.7 Å². The quantitative estimate of drug-likeness (QED) is 0.373. The van der Waals surface area contributed by atoms with E-state index in [9.17, 15) is 14.9 Å². The van der Waals surface area contributed by atoms with Gasteiger partial charge in [-0.1, -0.05) is 18.2 Å². The Labute approximate surface area is 198 Å². The summed E-state index contributed by atoms with van der Waals surface area (Å²) in [5.74, 6) is 0.276. The summed E-state index contributed by atoms with van der Waals surface area (Å²) < 4.78 is 10.7. The van der Waals surface area contributed by atoms with Gasteiger partial charge in [-0.05, 0) is 85.1 Å². The van der Waals surface area contributed by atoms with E-state index in [4.69, 9.17) is 9.47 Å². The van der Waals surface area contributed by atoms with Crippen molar-refractivity contribution < 1.29 is 19.1 Å². The number of carbonyl (C=O) groups excluding carboxylic acids is 2. The topological polar surface area (TPSA) is 100 Å². The largest absolute Gasteiger partial charge is 0.497 e. The van der Waals surface area contributed by atoms with E-state index in [0.29, 0.717) is 28.4 Å². The number of carbonyl (C=O) groups is 2. The number of amides is 2. The van der Waals surface area contributed by atoms with Crippen LogP contribution in [0.25, 0.3) is 6.08 Å². The van der Waals surface area contributed by atoms with Gasteiger partial charge in [-0.3, -0.25) is 9.59 Å². The lowest BCUT2D eigenvalue weighted by atomic mass is 10.1. The fourth-order valence-electron chi connectivity index (χ4n) is 3.05. The number of benzene rings is 3. The molecule has 0 fully saturated rings. The molecule has 3 aromatic rings. The Balaban J connectivity index is 1.62. The Kier molecular flexibility index (Phi) is 8.03. The van der Waals surface area contributed by atoms with Crippen LogP contribution < -0.4 is 20.1 Å². The monoisotopic (exact) mass is 455 g/mol. The molecule has 0 aliphatic rings. The number of rotatable bonds is 8. The van der Waals surface area contributed by atoms with Gasteiger partial charge >= 0.3 is 0 Å². The van der Waals surface area contributed by atoms with Crippen molar-refractivity contribution in [1.29, 1.82) is 5.26 Å². The zero-order valence-electron chi connectivity index (χ0n) is 19.2. The Morgan fingerprint density at radius 1 is 0.912 bits per heavy atom. The summed E-state index contributed by atoms with van der Waals surface area (Å²) >= 11 is 0. The molecule has 0 aliphatic heterocycles. The van der Waals surface area contributed by atoms with E-state index in [1.54, 1.807) is 55.6 Å². The van der Waals surface area contributed by atoms with E-state index in [2.05, 4.69) is 10.6 Å². The summed E-state index contributed by atoms with van der Waals surface area (Å²) in [6.45, 7) is 3.81. The van der Waals surface area contributed by atoms with Gasteiger partial charge in [0.1, 0.15) is 23.1 Å². The van der Waals surface area contributed by atoms with Gasteiger partial charge in [0, 0.05) is 11.4 Å². The molecule has 7 heteroatoms. The van der Waals surface area contributed by atoms with Crippen molar-refractivity contribution in [2.75, 3.05) is 24.4 Å². The van der Waals surface area contributed by atoms with Gasteiger partial charge < -0.3 is 20.1 Å². The molecule has 3 rings (SSSR count). The number of anilines is 2. The number of nitrogens with one attached hydrogen (secondary N) is 2. The number of methoxy groups -OCH3 is 1. The summed E-state index contributed by atoms with van der Waals surface area (Å²) in [4.78, 5) is 24.7. The van der Waals surface area contributed by atoms with Crippen LogP contribution in [-0.4, -0.2) is 25.5 Å². The molecule has 0 aliphatic carbocycles. The molecule has 0 saturated carbocycles. The predicted molar refractivity (Wildman–Crippen MR) is 132 cm³/mol. The third-order valence-electron chi connectivity index (χ3n) is 5.04. The van der Waals surface area contributed by atoms with Crippen molar-refractivity contribution in [3.63, 3.8) is 0 Å². The minimum Gasteiger partial charge on any atom is -0.497 e. The summed E-state index contributed by atoms with van der Waals surface area (Å²) in [5.41, 5.74) is 4.00. The SMILES string of the molecule is COc1ccc(NC(=O)/C(C#N)=C\c2cccc(OCC(=O)Nc3ccc(C)c(C)c3)c2)cc1. The highest BCUT2D eigenvalue weighted by molar-refractivity contribution is 6.09. The van der Waals surface area contributed by atoms with E-state index in [1.807, 2.05) is 38.1 Å². The number of hydrogen-bond acceptors (Lipinski definition) is 5. The molecular weight excluding hydrogens is 430 g/mol. The summed E-state index contributed by atoms with van der Waals surface area (Å²) in [5, 5.41) is 14.9. The molecule has 2 amide bonds. The smallest absolute Gasteiger partial charge is 0.266 e. The normalized spacial score (nSPS) is 10.7. The molecule has 0 radical (unpaired) electrons. The molecule has 172 valence electrons. The van der Waals surface area contributed by atoms with Crippen molar-refractivity contribution in [2.45, 2.75) is 13.8 Å². The molecule has 34 heavy (non-hydrogen) atoms. The highest BCUT2D eigenvalue weighted by atomic mass is 16.5. The van der Waals surface area contributed by atoms with Crippen LogP contribution >= 0.6 is 0 Å². The first-order valence-electron chi connectivity index (χ1n) is 10.5. The van der Waals surface area contributed by atoms with Gasteiger partial charge in [0.25, 0.3) is 11.8 Å². The molecule has 0 saturated heterocycles. The van der Waals surface area contributed by atoms with Crippen LogP contribution in [0.3, 0.4) is 0 Å². The van der Waals surface area contributed by atoms with Crippen molar-refractivity contribution >= 4 is 29.3 Å². The van der Waals surface area contributed by atoms with Crippen molar-refractivity contribution in [3.8, 4) is 17.6 Å². The lowest BCUT2D eigenvalue weighted by molar-refractivity contribution is -0.118. The Morgan fingerprint density at radius 2 is 1.65 bits per heavy atom. The molecule has 0 unspecified atom stereocenters. The van der Waals surface area contributed by atoms with Gasteiger partial charge in [0.15, 0.2) is 6.61 Å². The number of nitrogens with zero attached hydrogens (tertiary/aromatic N) is 1. The number of aryl methyl sites for hydroxylation is 2. The maximum Gasteiger partial charge on any atom is 0.266 e. The maximum atomic E-state index is 12.5. The van der Waals surface area contributed by atoms with Gasteiger partial charge in [-0.15, -0.1) is 0 Å². The van der Waals surface area contributed by atoms with Crippen LogP contribution in [-0.2, 0) is 9.59 Å². The molecule has 0 aromatic heterocycles. The van der Waals surface area contributed by atoms with Crippen LogP contribution in [0.2, 0.25) is 0 Å². The molecule has 0 atom stereocenters. The molecule has 7 nitrogen and oxygen atoms in total. The van der Waals surface area contributed by atoms with Crippen molar-refractivity contribution in [3.05, 3.63) is 89.0 Å².